The van der Waals surface area contributed by atoms with Crippen molar-refractivity contribution in [2.45, 2.75) is 12.0 Å². The van der Waals surface area contributed by atoms with E-state index in [1.54, 1.807) is 40.0 Å². The number of hydrogen-bond acceptors (Lipinski definition) is 6. The molecule has 4 heterocycles. The molecule has 1 saturated heterocycles. The number of benzene rings is 1. The highest BCUT2D eigenvalue weighted by Crippen LogP contribution is 2.34. The summed E-state index contributed by atoms with van der Waals surface area (Å²) in [5.74, 6) is 0.487. The molecule has 0 atom stereocenters. The average Bonchev–Trinajstić information content (AvgIpc) is 3.40. The lowest BCUT2D eigenvalue weighted by molar-refractivity contribution is 0.0173. The van der Waals surface area contributed by atoms with Crippen LogP contribution in [-0.2, 0) is 5.54 Å². The highest BCUT2D eigenvalue weighted by molar-refractivity contribution is 5.90. The minimum atomic E-state index is -0.590. The molecule has 1 aromatic carbocycles. The van der Waals surface area contributed by atoms with Crippen LogP contribution in [0, 0.1) is 11.3 Å². The van der Waals surface area contributed by atoms with E-state index < -0.39 is 11.6 Å². The van der Waals surface area contributed by atoms with Gasteiger partial charge in [-0.05, 0) is 18.2 Å². The van der Waals surface area contributed by atoms with Crippen LogP contribution in [0.15, 0.2) is 61.3 Å². The van der Waals surface area contributed by atoms with Gasteiger partial charge in [0.15, 0.2) is 0 Å². The minimum absolute atomic E-state index is 0.229. The number of fused-ring (bicyclic) bond motifs is 1. The van der Waals surface area contributed by atoms with Crippen LogP contribution in [0.3, 0.4) is 0 Å². The third-order valence-electron chi connectivity index (χ3n) is 5.28. The molecule has 148 valence electrons. The van der Waals surface area contributed by atoms with Crippen LogP contribution < -0.4 is 4.74 Å². The molecule has 1 amide bonds. The minimum Gasteiger partial charge on any atom is -0.410 e. The summed E-state index contributed by atoms with van der Waals surface area (Å²) < 4.78 is 7.16. The number of H-pyrrole nitrogens is 1. The molecule has 0 aliphatic carbocycles. The number of likely N-dealkylation sites (tertiary alicyclic amines) is 1. The monoisotopic (exact) mass is 399 g/mol. The van der Waals surface area contributed by atoms with Crippen molar-refractivity contribution in [3.8, 4) is 23.1 Å². The smallest absolute Gasteiger partial charge is 0.410 e. The number of carbonyl (C=O) groups is 1. The molecular weight excluding hydrogens is 382 g/mol. The van der Waals surface area contributed by atoms with E-state index in [1.165, 1.54) is 6.33 Å². The second-order valence-corrected chi connectivity index (χ2v) is 7.23. The van der Waals surface area contributed by atoms with Gasteiger partial charge >= 0.3 is 6.09 Å². The number of rotatable bonds is 4. The second kappa shape index (κ2) is 7.00. The topological polar surface area (TPSA) is 113 Å². The Kier molecular flexibility index (Phi) is 4.17. The first kappa shape index (κ1) is 17.9. The van der Waals surface area contributed by atoms with Crippen molar-refractivity contribution < 1.29 is 9.53 Å². The van der Waals surface area contributed by atoms with E-state index in [0.717, 1.165) is 22.3 Å². The Labute approximate surface area is 171 Å². The zero-order valence-corrected chi connectivity index (χ0v) is 15.9. The van der Waals surface area contributed by atoms with Crippen molar-refractivity contribution in [2.24, 2.45) is 0 Å². The molecule has 1 aliphatic heterocycles. The standard InChI is InChI=1S/C21H17N7O2/c22-8-7-21(12-27(13-21)20(29)30-16-4-2-1-3-5-16)28-11-15(10-26-28)18-17-6-9-23-19(17)25-14-24-18/h1-6,9-11,14H,7,12-13H2,(H,23,24,25). The van der Waals surface area contributed by atoms with Gasteiger partial charge < -0.3 is 14.6 Å². The zero-order valence-electron chi connectivity index (χ0n) is 15.9. The van der Waals surface area contributed by atoms with Crippen molar-refractivity contribution in [1.82, 2.24) is 29.6 Å². The molecule has 9 heteroatoms. The van der Waals surface area contributed by atoms with Crippen molar-refractivity contribution in [2.75, 3.05) is 13.1 Å². The van der Waals surface area contributed by atoms with Crippen LogP contribution in [0.1, 0.15) is 6.42 Å². The Morgan fingerprint density at radius 2 is 2.07 bits per heavy atom. The van der Waals surface area contributed by atoms with Gasteiger partial charge in [0.2, 0.25) is 0 Å². The van der Waals surface area contributed by atoms with E-state index in [4.69, 9.17) is 4.74 Å². The fraction of sp³-hybridized carbons (Fsp3) is 0.190. The molecule has 4 aromatic rings. The predicted octanol–water partition coefficient (Wildman–Crippen LogP) is 2.94. The van der Waals surface area contributed by atoms with Crippen molar-refractivity contribution in [1.29, 1.82) is 5.26 Å². The first-order valence-electron chi connectivity index (χ1n) is 9.41. The van der Waals surface area contributed by atoms with Crippen LogP contribution in [0.5, 0.6) is 5.75 Å². The van der Waals surface area contributed by atoms with E-state index in [9.17, 15) is 10.1 Å². The van der Waals surface area contributed by atoms with E-state index in [-0.39, 0.29) is 6.42 Å². The molecule has 0 unspecified atom stereocenters. The fourth-order valence-corrected chi connectivity index (χ4v) is 3.74. The van der Waals surface area contributed by atoms with Gasteiger partial charge in [-0.2, -0.15) is 10.4 Å². The second-order valence-electron chi connectivity index (χ2n) is 7.23. The summed E-state index contributed by atoms with van der Waals surface area (Å²) in [6.07, 6.45) is 6.69. The molecule has 5 rings (SSSR count). The quantitative estimate of drug-likeness (QED) is 0.564. The molecule has 1 fully saturated rings. The number of para-hydroxylation sites is 1. The number of aromatic amines is 1. The van der Waals surface area contributed by atoms with Crippen molar-refractivity contribution in [3.05, 3.63) is 61.3 Å². The molecule has 0 spiro atoms. The van der Waals surface area contributed by atoms with Gasteiger partial charge in [-0.15, -0.1) is 0 Å². The number of nitrogens with one attached hydrogen (secondary N) is 1. The van der Waals surface area contributed by atoms with Gasteiger partial charge in [0, 0.05) is 23.3 Å². The van der Waals surface area contributed by atoms with E-state index in [1.807, 2.05) is 24.5 Å². The van der Waals surface area contributed by atoms with Crippen LogP contribution in [0.25, 0.3) is 22.3 Å². The molecule has 1 aliphatic rings. The lowest BCUT2D eigenvalue weighted by Gasteiger charge is -2.48. The van der Waals surface area contributed by atoms with Gasteiger partial charge in [0.1, 0.15) is 23.3 Å². The van der Waals surface area contributed by atoms with Gasteiger partial charge in [-0.1, -0.05) is 18.2 Å². The number of amides is 1. The maximum Gasteiger partial charge on any atom is 0.415 e. The Morgan fingerprint density at radius 1 is 1.23 bits per heavy atom. The Bertz CT molecular complexity index is 1250. The van der Waals surface area contributed by atoms with Gasteiger partial charge in [0.05, 0.1) is 37.5 Å². The highest BCUT2D eigenvalue weighted by atomic mass is 16.6. The molecule has 0 radical (unpaired) electrons. The zero-order chi connectivity index (χ0) is 20.6. The summed E-state index contributed by atoms with van der Waals surface area (Å²) in [5, 5.41) is 14.8. The number of hydrogen-bond donors (Lipinski definition) is 1. The molecule has 0 saturated carbocycles. The van der Waals surface area contributed by atoms with Crippen LogP contribution >= 0.6 is 0 Å². The molecule has 0 bridgehead atoms. The lowest BCUT2D eigenvalue weighted by Crippen LogP contribution is -2.64. The van der Waals surface area contributed by atoms with Crippen molar-refractivity contribution in [3.63, 3.8) is 0 Å². The van der Waals surface area contributed by atoms with Crippen LogP contribution in [-0.4, -0.2) is 48.8 Å². The maximum atomic E-state index is 12.4. The van der Waals surface area contributed by atoms with E-state index in [0.29, 0.717) is 18.8 Å². The highest BCUT2D eigenvalue weighted by Gasteiger charge is 2.48. The first-order valence-corrected chi connectivity index (χ1v) is 9.41. The predicted molar refractivity (Wildman–Crippen MR) is 107 cm³/mol. The summed E-state index contributed by atoms with van der Waals surface area (Å²) in [5.41, 5.74) is 1.74. The summed E-state index contributed by atoms with van der Waals surface area (Å²) in [7, 11) is 0. The Balaban J connectivity index is 1.37. The van der Waals surface area contributed by atoms with E-state index >= 15 is 0 Å². The van der Waals surface area contributed by atoms with Gasteiger partial charge in [-0.25, -0.2) is 14.8 Å². The normalized spacial score (nSPS) is 14.8. The largest absolute Gasteiger partial charge is 0.415 e. The maximum absolute atomic E-state index is 12.4. The summed E-state index contributed by atoms with van der Waals surface area (Å²) >= 11 is 0. The summed E-state index contributed by atoms with van der Waals surface area (Å²) in [4.78, 5) is 25.7. The number of aromatic nitrogens is 5. The number of carbonyl (C=O) groups excluding carboxylic acids is 1. The summed E-state index contributed by atoms with van der Waals surface area (Å²) in [6.45, 7) is 0.688. The average molecular weight is 399 g/mol. The Morgan fingerprint density at radius 3 is 2.87 bits per heavy atom. The number of nitrogens with zero attached hydrogens (tertiary/aromatic N) is 6. The number of nitriles is 1. The first-order chi connectivity index (χ1) is 14.7. The van der Waals surface area contributed by atoms with Gasteiger partial charge in [0.25, 0.3) is 0 Å². The third kappa shape index (κ3) is 2.95. The molecule has 1 N–H and O–H groups in total. The molecule has 9 nitrogen and oxygen atoms in total. The van der Waals surface area contributed by atoms with Crippen LogP contribution in [0.4, 0.5) is 4.79 Å². The fourth-order valence-electron chi connectivity index (χ4n) is 3.74. The molecule has 3 aromatic heterocycles. The van der Waals surface area contributed by atoms with Gasteiger partial charge in [-0.3, -0.25) is 4.68 Å². The Hall–Kier alpha value is -4.19. The third-order valence-corrected chi connectivity index (χ3v) is 5.28. The van der Waals surface area contributed by atoms with E-state index in [2.05, 4.69) is 26.1 Å². The van der Waals surface area contributed by atoms with Crippen molar-refractivity contribution >= 4 is 17.1 Å². The number of ether oxygens (including phenoxy) is 1. The van der Waals surface area contributed by atoms with Crippen LogP contribution in [0.2, 0.25) is 0 Å². The molecular formula is C21H17N7O2. The summed E-state index contributed by atoms with van der Waals surface area (Å²) in [6, 6.07) is 13.1. The molecule has 30 heavy (non-hydrogen) atoms. The lowest BCUT2D eigenvalue weighted by atomic mass is 9.87. The SMILES string of the molecule is N#CCC1(n2cc(-c3ncnc4[nH]ccc34)cn2)CN(C(=O)Oc2ccccc2)C1.